The molecular weight excluding hydrogens is 308 g/mol. The van der Waals surface area contributed by atoms with Crippen molar-refractivity contribution in [1.29, 1.82) is 0 Å². The van der Waals surface area contributed by atoms with Crippen molar-refractivity contribution in [3.05, 3.63) is 59.2 Å². The number of benzene rings is 2. The molecule has 0 saturated heterocycles. The maximum Gasteiger partial charge on any atom is 0.339 e. The lowest BCUT2D eigenvalue weighted by Crippen LogP contribution is -2.13. The van der Waals surface area contributed by atoms with Crippen molar-refractivity contribution in [2.24, 2.45) is 0 Å². The van der Waals surface area contributed by atoms with E-state index in [1.165, 1.54) is 0 Å². The Kier molecular flexibility index (Phi) is 5.15. The van der Waals surface area contributed by atoms with Crippen LogP contribution in [-0.2, 0) is 10.1 Å². The Morgan fingerprint density at radius 3 is 1.74 bits per heavy atom. The van der Waals surface area contributed by atoms with Gasteiger partial charge in [-0.05, 0) is 42.0 Å². The van der Waals surface area contributed by atoms with Gasteiger partial charge in [0.2, 0.25) is 0 Å². The van der Waals surface area contributed by atoms with Gasteiger partial charge in [-0.25, -0.2) is 0 Å². The van der Waals surface area contributed by atoms with Gasteiger partial charge in [-0.1, -0.05) is 63.6 Å². The van der Waals surface area contributed by atoms with Crippen molar-refractivity contribution in [3.8, 4) is 5.75 Å². The van der Waals surface area contributed by atoms with E-state index in [-0.39, 0.29) is 16.7 Å². The SMILES string of the molecule is Cc1ccc(S(=O)(=O)Oc2c(C(C)C)cccc2C(C)C)cc1. The van der Waals surface area contributed by atoms with Crippen LogP contribution in [0.5, 0.6) is 5.75 Å². The third-order valence-corrected chi connectivity index (χ3v) is 5.06. The van der Waals surface area contributed by atoms with Crippen molar-refractivity contribution >= 4 is 10.1 Å². The van der Waals surface area contributed by atoms with Crippen molar-refractivity contribution in [1.82, 2.24) is 0 Å². The molecule has 124 valence electrons. The van der Waals surface area contributed by atoms with Crippen LogP contribution in [0.4, 0.5) is 0 Å². The number of para-hydroxylation sites is 1. The fraction of sp³-hybridized carbons (Fsp3) is 0.368. The molecule has 2 aromatic rings. The first-order valence-corrected chi connectivity index (χ1v) is 9.27. The van der Waals surface area contributed by atoms with E-state index in [0.717, 1.165) is 16.7 Å². The van der Waals surface area contributed by atoms with Gasteiger partial charge in [0.15, 0.2) is 0 Å². The van der Waals surface area contributed by atoms with Crippen LogP contribution in [0.15, 0.2) is 47.4 Å². The van der Waals surface area contributed by atoms with Crippen molar-refractivity contribution in [2.75, 3.05) is 0 Å². The molecule has 0 bridgehead atoms. The molecule has 0 radical (unpaired) electrons. The van der Waals surface area contributed by atoms with Crippen molar-refractivity contribution in [3.63, 3.8) is 0 Å². The number of hydrogen-bond donors (Lipinski definition) is 0. The van der Waals surface area contributed by atoms with E-state index in [4.69, 9.17) is 4.18 Å². The summed E-state index contributed by atoms with van der Waals surface area (Å²) in [4.78, 5) is 0.177. The van der Waals surface area contributed by atoms with Gasteiger partial charge in [-0.15, -0.1) is 0 Å². The summed E-state index contributed by atoms with van der Waals surface area (Å²) in [5.41, 5.74) is 2.83. The quantitative estimate of drug-likeness (QED) is 0.723. The van der Waals surface area contributed by atoms with Crippen LogP contribution in [0.1, 0.15) is 56.2 Å². The minimum Gasteiger partial charge on any atom is -0.378 e. The summed E-state index contributed by atoms with van der Waals surface area (Å²) in [6, 6.07) is 12.5. The molecule has 0 unspecified atom stereocenters. The topological polar surface area (TPSA) is 43.4 Å². The predicted octanol–water partition coefficient (Wildman–Crippen LogP) is 5.01. The fourth-order valence-corrected chi connectivity index (χ4v) is 3.42. The normalized spacial score (nSPS) is 12.0. The van der Waals surface area contributed by atoms with Gasteiger partial charge < -0.3 is 4.18 Å². The Balaban J connectivity index is 2.52. The summed E-state index contributed by atoms with van der Waals surface area (Å²) in [7, 11) is -3.84. The lowest BCUT2D eigenvalue weighted by atomic mass is 9.94. The lowest BCUT2D eigenvalue weighted by Gasteiger charge is -2.19. The van der Waals surface area contributed by atoms with Gasteiger partial charge >= 0.3 is 10.1 Å². The second kappa shape index (κ2) is 6.75. The average Bonchev–Trinajstić information content (AvgIpc) is 2.47. The molecule has 0 amide bonds. The van der Waals surface area contributed by atoms with E-state index in [1.54, 1.807) is 24.3 Å². The van der Waals surface area contributed by atoms with Crippen molar-refractivity contribution < 1.29 is 12.6 Å². The molecular formula is C19H24O3S. The molecule has 0 spiro atoms. The van der Waals surface area contributed by atoms with Crippen LogP contribution in [0.25, 0.3) is 0 Å². The molecule has 23 heavy (non-hydrogen) atoms. The summed E-state index contributed by atoms with van der Waals surface area (Å²) in [5.74, 6) is 0.826. The highest BCUT2D eigenvalue weighted by Gasteiger charge is 2.23. The molecule has 0 heterocycles. The maximum absolute atomic E-state index is 12.6. The van der Waals surface area contributed by atoms with E-state index in [1.807, 2.05) is 52.8 Å². The van der Waals surface area contributed by atoms with Crippen LogP contribution < -0.4 is 4.18 Å². The molecule has 3 nitrogen and oxygen atoms in total. The highest BCUT2D eigenvalue weighted by atomic mass is 32.2. The summed E-state index contributed by atoms with van der Waals surface area (Å²) < 4.78 is 30.9. The van der Waals surface area contributed by atoms with Gasteiger partial charge in [0, 0.05) is 0 Å². The summed E-state index contributed by atoms with van der Waals surface area (Å²) in [6.45, 7) is 10.0. The molecule has 0 aliphatic heterocycles. The second-order valence-electron chi connectivity index (χ2n) is 6.43. The van der Waals surface area contributed by atoms with E-state index in [2.05, 4.69) is 0 Å². The van der Waals surface area contributed by atoms with Crippen LogP contribution >= 0.6 is 0 Å². The third kappa shape index (κ3) is 3.94. The molecule has 0 atom stereocenters. The smallest absolute Gasteiger partial charge is 0.339 e. The average molecular weight is 332 g/mol. The lowest BCUT2D eigenvalue weighted by molar-refractivity contribution is 0.476. The molecule has 0 fully saturated rings. The maximum atomic E-state index is 12.6. The second-order valence-corrected chi connectivity index (χ2v) is 7.97. The fourth-order valence-electron chi connectivity index (χ4n) is 2.44. The van der Waals surface area contributed by atoms with E-state index >= 15 is 0 Å². The van der Waals surface area contributed by atoms with Gasteiger partial charge in [0.1, 0.15) is 10.6 Å². The molecule has 0 aliphatic rings. The molecule has 0 aliphatic carbocycles. The predicted molar refractivity (Wildman–Crippen MR) is 93.6 cm³/mol. The molecule has 0 N–H and O–H groups in total. The first kappa shape index (κ1) is 17.5. The first-order chi connectivity index (χ1) is 10.7. The third-order valence-electron chi connectivity index (χ3n) is 3.82. The molecule has 2 rings (SSSR count). The molecule has 2 aromatic carbocycles. The Morgan fingerprint density at radius 2 is 1.30 bits per heavy atom. The number of aryl methyl sites for hydroxylation is 1. The zero-order chi connectivity index (χ0) is 17.2. The summed E-state index contributed by atoms with van der Waals surface area (Å²) in [6.07, 6.45) is 0. The standard InChI is InChI=1S/C19H24O3S/c1-13(2)17-7-6-8-18(14(3)4)19(17)22-23(20,21)16-11-9-15(5)10-12-16/h6-14H,1-5H3. The first-order valence-electron chi connectivity index (χ1n) is 7.86. The Morgan fingerprint density at radius 1 is 0.826 bits per heavy atom. The molecule has 0 saturated carbocycles. The van der Waals surface area contributed by atoms with Crippen LogP contribution in [-0.4, -0.2) is 8.42 Å². The van der Waals surface area contributed by atoms with Gasteiger partial charge in [-0.2, -0.15) is 8.42 Å². The van der Waals surface area contributed by atoms with Crippen LogP contribution in [0.3, 0.4) is 0 Å². The largest absolute Gasteiger partial charge is 0.378 e. The number of hydrogen-bond acceptors (Lipinski definition) is 3. The van der Waals surface area contributed by atoms with Crippen LogP contribution in [0, 0.1) is 6.92 Å². The van der Waals surface area contributed by atoms with E-state index < -0.39 is 10.1 Å². The summed E-state index contributed by atoms with van der Waals surface area (Å²) in [5, 5.41) is 0. The summed E-state index contributed by atoms with van der Waals surface area (Å²) >= 11 is 0. The minimum atomic E-state index is -3.84. The highest BCUT2D eigenvalue weighted by molar-refractivity contribution is 7.87. The zero-order valence-electron chi connectivity index (χ0n) is 14.3. The minimum absolute atomic E-state index is 0.177. The monoisotopic (exact) mass is 332 g/mol. The molecule has 4 heteroatoms. The Hall–Kier alpha value is -1.81. The highest BCUT2D eigenvalue weighted by Crippen LogP contribution is 2.36. The van der Waals surface area contributed by atoms with Gasteiger partial charge in [0.25, 0.3) is 0 Å². The van der Waals surface area contributed by atoms with E-state index in [0.29, 0.717) is 5.75 Å². The zero-order valence-corrected chi connectivity index (χ0v) is 15.1. The van der Waals surface area contributed by atoms with Gasteiger partial charge in [-0.3, -0.25) is 0 Å². The molecule has 0 aromatic heterocycles. The van der Waals surface area contributed by atoms with Gasteiger partial charge in [0.05, 0.1) is 0 Å². The van der Waals surface area contributed by atoms with Crippen molar-refractivity contribution in [2.45, 2.75) is 51.3 Å². The Labute approximate surface area is 139 Å². The van der Waals surface area contributed by atoms with E-state index in [9.17, 15) is 8.42 Å². The number of rotatable bonds is 5. The van der Waals surface area contributed by atoms with Crippen LogP contribution in [0.2, 0.25) is 0 Å². The Bertz CT molecular complexity index is 747.